The first-order chi connectivity index (χ1) is 8.51. The van der Waals surface area contributed by atoms with Crippen LogP contribution in [-0.2, 0) is 9.53 Å². The third kappa shape index (κ3) is 116. The minimum absolute atomic E-state index is 0.0833. The number of hydrogen-bond donors (Lipinski definition) is 3. The normalized spacial score (nSPS) is 7.56. The van der Waals surface area contributed by atoms with Crippen molar-refractivity contribution in [1.29, 1.82) is 0 Å². The number of carbonyl (C=O) groups excluding carboxylic acids is 1. The van der Waals surface area contributed by atoms with Crippen molar-refractivity contribution in [2.45, 2.75) is 34.1 Å². The second-order valence-corrected chi connectivity index (χ2v) is 3.32. The van der Waals surface area contributed by atoms with E-state index in [0.717, 1.165) is 6.42 Å². The lowest BCUT2D eigenvalue weighted by molar-refractivity contribution is -0.128. The summed E-state index contributed by atoms with van der Waals surface area (Å²) in [5.74, 6) is 0.440. The van der Waals surface area contributed by atoms with Crippen LogP contribution >= 0.6 is 0 Å². The molecule has 0 rings (SSSR count). The summed E-state index contributed by atoms with van der Waals surface area (Å²) >= 11 is 0. The Morgan fingerprint density at radius 2 is 1.56 bits per heavy atom. The first-order valence-electron chi connectivity index (χ1n) is 6.00. The van der Waals surface area contributed by atoms with Gasteiger partial charge in [-0.15, -0.1) is 6.58 Å². The average molecular weight is 266 g/mol. The number of rotatable bonds is 5. The standard InChI is InChI=1S/C4H10O.C3H6O2.C3H8O.C3H6O/c1-4(2)3-5;1-2-5-3-4;2*1-2-3-4/h4-5H,3H2,1-2H3;3H,2H2,1H3;4H,2-3H2,1H3;2,4H,1,3H2. The van der Waals surface area contributed by atoms with Crippen LogP contribution in [0.2, 0.25) is 0 Å². The zero-order valence-corrected chi connectivity index (χ0v) is 12.1. The van der Waals surface area contributed by atoms with Crippen LogP contribution in [0.3, 0.4) is 0 Å². The van der Waals surface area contributed by atoms with Crippen molar-refractivity contribution in [1.82, 2.24) is 0 Å². The zero-order chi connectivity index (χ0) is 15.2. The molecule has 3 N–H and O–H groups in total. The molecule has 0 aromatic heterocycles. The summed E-state index contributed by atoms with van der Waals surface area (Å²) in [5.41, 5.74) is 0. The summed E-state index contributed by atoms with van der Waals surface area (Å²) < 4.78 is 4.15. The molecule has 0 unspecified atom stereocenters. The van der Waals surface area contributed by atoms with Gasteiger partial charge in [0.1, 0.15) is 0 Å². The highest BCUT2D eigenvalue weighted by Crippen LogP contribution is 1.83. The first kappa shape index (κ1) is 25.8. The van der Waals surface area contributed by atoms with E-state index < -0.39 is 0 Å². The van der Waals surface area contributed by atoms with Gasteiger partial charge < -0.3 is 20.1 Å². The molecule has 0 aliphatic heterocycles. The molecule has 0 radical (unpaired) electrons. The van der Waals surface area contributed by atoms with E-state index in [2.05, 4.69) is 11.3 Å². The largest absolute Gasteiger partial charge is 0.468 e. The van der Waals surface area contributed by atoms with Gasteiger partial charge in [0.2, 0.25) is 0 Å². The maximum absolute atomic E-state index is 9.18. The SMILES string of the molecule is C=CCO.CC(C)CO.CCCO.CCOC=O. The Hall–Kier alpha value is -0.910. The summed E-state index contributed by atoms with van der Waals surface area (Å²) in [5, 5.41) is 23.8. The predicted octanol–water partition coefficient (Wildman–Crippen LogP) is 1.37. The molecule has 0 aromatic carbocycles. The molecular formula is C13H30O5. The van der Waals surface area contributed by atoms with E-state index in [-0.39, 0.29) is 6.61 Å². The Labute approximate surface area is 111 Å². The molecule has 0 amide bonds. The molecule has 0 bridgehead atoms. The van der Waals surface area contributed by atoms with Gasteiger partial charge >= 0.3 is 0 Å². The van der Waals surface area contributed by atoms with Crippen molar-refractivity contribution in [2.75, 3.05) is 26.4 Å². The quantitative estimate of drug-likeness (QED) is 0.517. The zero-order valence-electron chi connectivity index (χ0n) is 12.1. The number of aliphatic hydroxyl groups is 3. The topological polar surface area (TPSA) is 87.0 Å². The van der Waals surface area contributed by atoms with Crippen LogP contribution in [0.15, 0.2) is 12.7 Å². The molecular weight excluding hydrogens is 236 g/mol. The fourth-order valence-corrected chi connectivity index (χ4v) is 0.0680. The first-order valence-corrected chi connectivity index (χ1v) is 6.00. The van der Waals surface area contributed by atoms with Crippen molar-refractivity contribution in [3.63, 3.8) is 0 Å². The van der Waals surface area contributed by atoms with Crippen molar-refractivity contribution >= 4 is 6.47 Å². The van der Waals surface area contributed by atoms with Gasteiger partial charge in [0.15, 0.2) is 0 Å². The highest BCUT2D eigenvalue weighted by molar-refractivity contribution is 5.36. The van der Waals surface area contributed by atoms with Crippen LogP contribution in [0.5, 0.6) is 0 Å². The number of hydrogen-bond acceptors (Lipinski definition) is 5. The monoisotopic (exact) mass is 266 g/mol. The van der Waals surface area contributed by atoms with E-state index in [4.69, 9.17) is 15.3 Å². The van der Waals surface area contributed by atoms with Crippen LogP contribution in [0.25, 0.3) is 0 Å². The highest BCUT2D eigenvalue weighted by Gasteiger charge is 1.81. The van der Waals surface area contributed by atoms with Gasteiger partial charge in [-0.1, -0.05) is 26.8 Å². The summed E-state index contributed by atoms with van der Waals surface area (Å²) in [6, 6.07) is 0. The predicted molar refractivity (Wildman–Crippen MR) is 74.3 cm³/mol. The highest BCUT2D eigenvalue weighted by atomic mass is 16.5. The third-order valence-electron chi connectivity index (χ3n) is 0.953. The van der Waals surface area contributed by atoms with Crippen LogP contribution in [0, 0.1) is 5.92 Å². The molecule has 0 saturated carbocycles. The van der Waals surface area contributed by atoms with Gasteiger partial charge in [0.25, 0.3) is 6.47 Å². The second kappa shape index (κ2) is 36.0. The van der Waals surface area contributed by atoms with Crippen LogP contribution in [0.1, 0.15) is 34.1 Å². The molecule has 0 heterocycles. The van der Waals surface area contributed by atoms with Crippen molar-refractivity contribution < 1.29 is 24.9 Å². The number of ether oxygens (including phenoxy) is 1. The molecule has 5 nitrogen and oxygen atoms in total. The van der Waals surface area contributed by atoms with Gasteiger partial charge in [0.05, 0.1) is 13.2 Å². The van der Waals surface area contributed by atoms with Gasteiger partial charge in [0, 0.05) is 13.2 Å². The lowest BCUT2D eigenvalue weighted by Crippen LogP contribution is -1.90. The molecule has 0 aliphatic rings. The van der Waals surface area contributed by atoms with Gasteiger partial charge in [-0.3, -0.25) is 4.79 Å². The van der Waals surface area contributed by atoms with Crippen molar-refractivity contribution in [3.8, 4) is 0 Å². The maximum Gasteiger partial charge on any atom is 0.293 e. The molecule has 0 atom stereocenters. The van der Waals surface area contributed by atoms with Crippen molar-refractivity contribution in [3.05, 3.63) is 12.7 Å². The Balaban J connectivity index is -0.0000000731. The molecule has 5 heteroatoms. The lowest BCUT2D eigenvalue weighted by Gasteiger charge is -1.90. The molecule has 112 valence electrons. The van der Waals surface area contributed by atoms with E-state index in [1.165, 1.54) is 6.08 Å². The summed E-state index contributed by atoms with van der Waals surface area (Å²) in [6.45, 7) is 12.5. The van der Waals surface area contributed by atoms with E-state index in [0.29, 0.717) is 32.2 Å². The van der Waals surface area contributed by atoms with E-state index in [9.17, 15) is 4.79 Å². The Bertz CT molecular complexity index is 125. The average Bonchev–Trinajstić information content (AvgIpc) is 2.40. The summed E-state index contributed by atoms with van der Waals surface area (Å²) in [6.07, 6.45) is 2.31. The maximum atomic E-state index is 9.18. The van der Waals surface area contributed by atoms with E-state index >= 15 is 0 Å². The van der Waals surface area contributed by atoms with Crippen LogP contribution in [0.4, 0.5) is 0 Å². The van der Waals surface area contributed by atoms with Gasteiger partial charge in [-0.05, 0) is 19.3 Å². The molecule has 0 spiro atoms. The smallest absolute Gasteiger partial charge is 0.293 e. The number of carbonyl (C=O) groups is 1. The minimum atomic E-state index is 0.0833. The fraction of sp³-hybridized carbons (Fsp3) is 0.769. The van der Waals surface area contributed by atoms with E-state index in [1.807, 2.05) is 20.8 Å². The lowest BCUT2D eigenvalue weighted by atomic mass is 10.2. The Morgan fingerprint density at radius 1 is 1.22 bits per heavy atom. The fourth-order valence-electron chi connectivity index (χ4n) is 0.0680. The summed E-state index contributed by atoms with van der Waals surface area (Å²) in [7, 11) is 0. The van der Waals surface area contributed by atoms with Gasteiger partial charge in [-0.2, -0.15) is 0 Å². The second-order valence-electron chi connectivity index (χ2n) is 3.32. The molecule has 0 saturated heterocycles. The molecule has 0 aliphatic carbocycles. The van der Waals surface area contributed by atoms with Crippen LogP contribution < -0.4 is 0 Å². The molecule has 18 heavy (non-hydrogen) atoms. The Kier molecular flexibility index (Phi) is 51.6. The van der Waals surface area contributed by atoms with Crippen LogP contribution in [-0.4, -0.2) is 48.2 Å². The van der Waals surface area contributed by atoms with Gasteiger partial charge in [-0.25, -0.2) is 0 Å². The summed E-state index contributed by atoms with van der Waals surface area (Å²) in [4.78, 5) is 9.18. The molecule has 0 aromatic rings. The third-order valence-corrected chi connectivity index (χ3v) is 0.953. The molecule has 0 fully saturated rings. The Morgan fingerprint density at radius 3 is 1.56 bits per heavy atom. The number of aliphatic hydroxyl groups excluding tert-OH is 3. The van der Waals surface area contributed by atoms with E-state index in [1.54, 1.807) is 6.92 Å². The minimum Gasteiger partial charge on any atom is -0.468 e. The van der Waals surface area contributed by atoms with Crippen molar-refractivity contribution in [2.24, 2.45) is 5.92 Å².